The highest BCUT2D eigenvalue weighted by molar-refractivity contribution is 5.81. The zero-order valence-electron chi connectivity index (χ0n) is 17.0. The van der Waals surface area contributed by atoms with E-state index in [1.165, 1.54) is 83.5 Å². The second kappa shape index (κ2) is 20.0. The Bertz CT molecular complexity index is 355. The van der Waals surface area contributed by atoms with Crippen LogP contribution in [0.15, 0.2) is 12.7 Å². The van der Waals surface area contributed by atoms with E-state index in [0.29, 0.717) is 6.54 Å². The Labute approximate surface area is 161 Å². The monoisotopic (exact) mass is 367 g/mol. The van der Waals surface area contributed by atoms with Gasteiger partial charge >= 0.3 is 5.97 Å². The normalized spacial score (nSPS) is 10.5. The summed E-state index contributed by atoms with van der Waals surface area (Å²) in [5, 5.41) is 2.86. The molecule has 1 N–H and O–H groups in total. The van der Waals surface area contributed by atoms with E-state index in [4.69, 9.17) is 4.74 Å². The van der Waals surface area contributed by atoms with Gasteiger partial charge in [0.25, 0.3) is 0 Å². The molecule has 0 aromatic carbocycles. The van der Waals surface area contributed by atoms with Crippen molar-refractivity contribution in [2.24, 2.45) is 0 Å². The van der Waals surface area contributed by atoms with E-state index in [1.807, 2.05) is 0 Å². The van der Waals surface area contributed by atoms with Crippen molar-refractivity contribution >= 4 is 11.9 Å². The fourth-order valence-electron chi connectivity index (χ4n) is 2.94. The number of amides is 1. The topological polar surface area (TPSA) is 55.4 Å². The predicted molar refractivity (Wildman–Crippen MR) is 109 cm³/mol. The molecule has 0 radical (unpaired) electrons. The number of carbonyl (C=O) groups is 2. The van der Waals surface area contributed by atoms with Crippen molar-refractivity contribution in [3.63, 3.8) is 0 Å². The van der Waals surface area contributed by atoms with Crippen LogP contribution in [0.2, 0.25) is 0 Å². The number of hydrogen-bond donors (Lipinski definition) is 1. The first-order valence-corrected chi connectivity index (χ1v) is 10.8. The minimum Gasteiger partial charge on any atom is -0.462 e. The van der Waals surface area contributed by atoms with Crippen molar-refractivity contribution in [2.75, 3.05) is 13.2 Å². The summed E-state index contributed by atoms with van der Waals surface area (Å²) in [5.74, 6) is -0.540. The minimum atomic E-state index is -0.482. The highest BCUT2D eigenvalue weighted by Gasteiger charge is 2.02. The average Bonchev–Trinajstić information content (AvgIpc) is 2.64. The molecule has 0 atom stereocenters. The Morgan fingerprint density at radius 2 is 1.27 bits per heavy atom. The van der Waals surface area contributed by atoms with Gasteiger partial charge in [-0.1, -0.05) is 97.0 Å². The molecule has 0 aliphatic carbocycles. The average molecular weight is 368 g/mol. The largest absolute Gasteiger partial charge is 0.462 e. The van der Waals surface area contributed by atoms with Gasteiger partial charge in [0.15, 0.2) is 0 Å². The zero-order chi connectivity index (χ0) is 19.3. The Kier molecular flexibility index (Phi) is 19.0. The van der Waals surface area contributed by atoms with Crippen LogP contribution in [0.5, 0.6) is 0 Å². The first-order chi connectivity index (χ1) is 12.7. The fraction of sp³-hybridized carbons (Fsp3) is 0.818. The number of carbonyl (C=O) groups excluding carboxylic acids is 2. The molecule has 0 rings (SSSR count). The van der Waals surface area contributed by atoms with Crippen LogP contribution in [0.4, 0.5) is 0 Å². The molecule has 4 heteroatoms. The first kappa shape index (κ1) is 24.7. The summed E-state index contributed by atoms with van der Waals surface area (Å²) < 4.78 is 4.77. The van der Waals surface area contributed by atoms with Crippen molar-refractivity contribution in [1.82, 2.24) is 5.32 Å². The van der Waals surface area contributed by atoms with Gasteiger partial charge in [-0.3, -0.25) is 4.79 Å². The van der Waals surface area contributed by atoms with E-state index in [2.05, 4.69) is 18.8 Å². The third-order valence-electron chi connectivity index (χ3n) is 4.59. The van der Waals surface area contributed by atoms with Crippen LogP contribution in [-0.4, -0.2) is 25.0 Å². The van der Waals surface area contributed by atoms with Crippen LogP contribution in [0.25, 0.3) is 0 Å². The summed E-state index contributed by atoms with van der Waals surface area (Å²) >= 11 is 0. The van der Waals surface area contributed by atoms with E-state index in [-0.39, 0.29) is 18.9 Å². The molecule has 4 nitrogen and oxygen atoms in total. The number of rotatable bonds is 19. The Balaban J connectivity index is 3.16. The summed E-state index contributed by atoms with van der Waals surface area (Å²) in [4.78, 5) is 22.3. The van der Waals surface area contributed by atoms with Gasteiger partial charge in [0.05, 0.1) is 6.42 Å². The summed E-state index contributed by atoms with van der Waals surface area (Å²) in [6.45, 7) is 6.41. The van der Waals surface area contributed by atoms with Gasteiger partial charge in [-0.15, -0.1) is 0 Å². The van der Waals surface area contributed by atoms with E-state index >= 15 is 0 Å². The molecule has 152 valence electrons. The molecule has 1 amide bonds. The summed E-state index contributed by atoms with van der Waals surface area (Å²) in [7, 11) is 0. The van der Waals surface area contributed by atoms with Crippen LogP contribution < -0.4 is 5.32 Å². The second-order valence-corrected chi connectivity index (χ2v) is 7.07. The maximum atomic E-state index is 11.5. The van der Waals surface area contributed by atoms with E-state index < -0.39 is 5.97 Å². The molecule has 0 saturated heterocycles. The minimum absolute atomic E-state index is 0.0587. The zero-order valence-corrected chi connectivity index (χ0v) is 17.0. The number of esters is 1. The summed E-state index contributed by atoms with van der Waals surface area (Å²) in [5.41, 5.74) is 0. The molecule has 0 aliphatic heterocycles. The summed E-state index contributed by atoms with van der Waals surface area (Å²) in [6, 6.07) is 0. The molecule has 0 spiro atoms. The van der Waals surface area contributed by atoms with Crippen molar-refractivity contribution in [2.45, 2.75) is 103 Å². The number of hydrogen-bond acceptors (Lipinski definition) is 3. The van der Waals surface area contributed by atoms with E-state index in [1.54, 1.807) is 0 Å². The molecule has 0 aromatic rings. The Hall–Kier alpha value is -1.32. The summed E-state index contributed by atoms with van der Waals surface area (Å²) in [6.07, 6.45) is 20.0. The van der Waals surface area contributed by atoms with Gasteiger partial charge in [-0.05, 0) is 6.42 Å². The van der Waals surface area contributed by atoms with Gasteiger partial charge in [0, 0.05) is 12.6 Å². The number of unbranched alkanes of at least 4 members (excludes halogenated alkanes) is 13. The number of nitrogens with one attached hydrogen (secondary N) is 1. The van der Waals surface area contributed by atoms with Crippen molar-refractivity contribution in [3.05, 3.63) is 12.7 Å². The SMILES string of the molecule is C=CC(=O)OCCC(=O)NCCCCCCCCCCCCCCCC. The van der Waals surface area contributed by atoms with Crippen LogP contribution in [-0.2, 0) is 14.3 Å². The van der Waals surface area contributed by atoms with Gasteiger partial charge < -0.3 is 10.1 Å². The quantitative estimate of drug-likeness (QED) is 0.181. The molecule has 0 unspecified atom stereocenters. The number of ether oxygens (including phenoxy) is 1. The van der Waals surface area contributed by atoms with Gasteiger partial charge in [0.2, 0.25) is 5.91 Å². The molecule has 0 saturated carbocycles. The van der Waals surface area contributed by atoms with Crippen LogP contribution in [0, 0.1) is 0 Å². The molecule has 0 fully saturated rings. The molecular formula is C22H41NO3. The lowest BCUT2D eigenvalue weighted by atomic mass is 10.0. The van der Waals surface area contributed by atoms with Gasteiger partial charge in [-0.2, -0.15) is 0 Å². The fourth-order valence-corrected chi connectivity index (χ4v) is 2.94. The second-order valence-electron chi connectivity index (χ2n) is 7.07. The third-order valence-corrected chi connectivity index (χ3v) is 4.59. The van der Waals surface area contributed by atoms with Gasteiger partial charge in [-0.25, -0.2) is 4.79 Å². The smallest absolute Gasteiger partial charge is 0.330 e. The third kappa shape index (κ3) is 19.0. The van der Waals surface area contributed by atoms with Crippen LogP contribution >= 0.6 is 0 Å². The highest BCUT2D eigenvalue weighted by atomic mass is 16.5. The van der Waals surface area contributed by atoms with E-state index in [0.717, 1.165) is 12.5 Å². The van der Waals surface area contributed by atoms with Crippen LogP contribution in [0.1, 0.15) is 103 Å². The molecule has 0 aliphatic rings. The van der Waals surface area contributed by atoms with Crippen molar-refractivity contribution < 1.29 is 14.3 Å². The molecular weight excluding hydrogens is 326 g/mol. The standard InChI is InChI=1S/C22H41NO3/c1-3-5-6-7-8-9-10-11-12-13-14-15-16-17-19-23-21(24)18-20-26-22(25)4-2/h4H,2-3,5-20H2,1H3,(H,23,24). The molecule has 0 heterocycles. The maximum absolute atomic E-state index is 11.5. The predicted octanol–water partition coefficient (Wildman–Crippen LogP) is 5.70. The van der Waals surface area contributed by atoms with Gasteiger partial charge in [0.1, 0.15) is 6.61 Å². The first-order valence-electron chi connectivity index (χ1n) is 10.8. The van der Waals surface area contributed by atoms with Crippen molar-refractivity contribution in [1.29, 1.82) is 0 Å². The molecule has 26 heavy (non-hydrogen) atoms. The van der Waals surface area contributed by atoms with Crippen LogP contribution in [0.3, 0.4) is 0 Å². The lowest BCUT2D eigenvalue weighted by Crippen LogP contribution is -2.25. The Morgan fingerprint density at radius 1 is 0.808 bits per heavy atom. The van der Waals surface area contributed by atoms with Crippen molar-refractivity contribution in [3.8, 4) is 0 Å². The molecule has 0 aromatic heterocycles. The molecule has 0 bridgehead atoms. The maximum Gasteiger partial charge on any atom is 0.330 e. The lowest BCUT2D eigenvalue weighted by Gasteiger charge is -2.06. The van der Waals surface area contributed by atoms with E-state index in [9.17, 15) is 9.59 Å². The highest BCUT2D eigenvalue weighted by Crippen LogP contribution is 2.12. The lowest BCUT2D eigenvalue weighted by molar-refractivity contribution is -0.138. The Morgan fingerprint density at radius 3 is 1.73 bits per heavy atom.